The number of urea groups is 1. The highest BCUT2D eigenvalue weighted by Crippen LogP contribution is 2.28. The summed E-state index contributed by atoms with van der Waals surface area (Å²) in [5.74, 6) is 0. The average Bonchev–Trinajstić information content (AvgIpc) is 2.64. The first-order valence-corrected chi connectivity index (χ1v) is 8.74. The van der Waals surface area contributed by atoms with Crippen molar-refractivity contribution in [1.29, 1.82) is 0 Å². The third kappa shape index (κ3) is 5.41. The zero-order valence-electron chi connectivity index (χ0n) is 15.4. The van der Waals surface area contributed by atoms with Gasteiger partial charge in [-0.2, -0.15) is 0 Å². The van der Waals surface area contributed by atoms with E-state index in [0.717, 1.165) is 12.8 Å². The Labute approximate surface area is 145 Å². The minimum absolute atomic E-state index is 0.0258. The summed E-state index contributed by atoms with van der Waals surface area (Å²) < 4.78 is 0. The fourth-order valence-corrected chi connectivity index (χ4v) is 3.26. The van der Waals surface area contributed by atoms with Gasteiger partial charge in [0.2, 0.25) is 0 Å². The van der Waals surface area contributed by atoms with E-state index in [9.17, 15) is 9.90 Å². The molecular formula is C19H31N3O2. The van der Waals surface area contributed by atoms with Crippen LogP contribution in [0.3, 0.4) is 0 Å². The molecule has 1 atom stereocenters. The molecule has 1 aromatic carbocycles. The number of benzene rings is 1. The Morgan fingerprint density at radius 3 is 2.62 bits per heavy atom. The van der Waals surface area contributed by atoms with Crippen molar-refractivity contribution in [2.75, 3.05) is 38.6 Å². The largest absolute Gasteiger partial charge is 0.393 e. The Morgan fingerprint density at radius 2 is 2.00 bits per heavy atom. The topological polar surface area (TPSA) is 55.8 Å². The average molecular weight is 333 g/mol. The molecule has 0 saturated carbocycles. The second kappa shape index (κ2) is 7.88. The van der Waals surface area contributed by atoms with Crippen molar-refractivity contribution in [1.82, 2.24) is 10.2 Å². The molecule has 0 bridgehead atoms. The third-order valence-corrected chi connectivity index (χ3v) is 4.57. The van der Waals surface area contributed by atoms with Crippen LogP contribution in [0.5, 0.6) is 0 Å². The lowest BCUT2D eigenvalue weighted by molar-refractivity contribution is 0.121. The van der Waals surface area contributed by atoms with Gasteiger partial charge in [-0.25, -0.2) is 4.79 Å². The van der Waals surface area contributed by atoms with E-state index in [1.807, 2.05) is 19.0 Å². The van der Waals surface area contributed by atoms with Crippen molar-refractivity contribution in [3.8, 4) is 0 Å². The molecule has 0 aliphatic carbocycles. The molecule has 2 rings (SSSR count). The zero-order valence-corrected chi connectivity index (χ0v) is 15.4. The van der Waals surface area contributed by atoms with Crippen LogP contribution in [0.25, 0.3) is 0 Å². The van der Waals surface area contributed by atoms with E-state index in [2.05, 4.69) is 48.3 Å². The van der Waals surface area contributed by atoms with Crippen LogP contribution in [0.4, 0.5) is 10.5 Å². The van der Waals surface area contributed by atoms with E-state index >= 15 is 0 Å². The van der Waals surface area contributed by atoms with Crippen LogP contribution < -0.4 is 10.2 Å². The summed E-state index contributed by atoms with van der Waals surface area (Å²) in [6, 6.07) is 8.37. The van der Waals surface area contributed by atoms with Crippen molar-refractivity contribution in [3.63, 3.8) is 0 Å². The van der Waals surface area contributed by atoms with Gasteiger partial charge in [-0.05, 0) is 42.4 Å². The van der Waals surface area contributed by atoms with Crippen LogP contribution in [0.15, 0.2) is 24.3 Å². The van der Waals surface area contributed by atoms with Gasteiger partial charge in [-0.3, -0.25) is 0 Å². The molecule has 2 N–H and O–H groups in total. The van der Waals surface area contributed by atoms with E-state index in [0.29, 0.717) is 26.1 Å². The molecule has 5 nitrogen and oxygen atoms in total. The number of amides is 2. The Kier molecular flexibility index (Phi) is 6.10. The van der Waals surface area contributed by atoms with Crippen LogP contribution in [-0.2, 0) is 6.42 Å². The third-order valence-electron chi connectivity index (χ3n) is 4.57. The second-order valence-electron chi connectivity index (χ2n) is 7.78. The highest BCUT2D eigenvalue weighted by molar-refractivity contribution is 5.74. The van der Waals surface area contributed by atoms with Crippen molar-refractivity contribution in [2.24, 2.45) is 5.41 Å². The van der Waals surface area contributed by atoms with Crippen molar-refractivity contribution >= 4 is 11.7 Å². The number of nitrogens with one attached hydrogen (secondary N) is 1. The maximum Gasteiger partial charge on any atom is 0.317 e. The number of hydrogen-bond acceptors (Lipinski definition) is 3. The Bertz CT molecular complexity index is 540. The molecule has 1 aliphatic heterocycles. The van der Waals surface area contributed by atoms with Gasteiger partial charge in [-0.1, -0.05) is 26.0 Å². The van der Waals surface area contributed by atoms with E-state index in [1.54, 1.807) is 0 Å². The number of aliphatic hydroxyl groups is 1. The van der Waals surface area contributed by atoms with E-state index < -0.39 is 0 Å². The van der Waals surface area contributed by atoms with Gasteiger partial charge in [0.15, 0.2) is 0 Å². The molecule has 0 spiro atoms. The standard InChI is InChI=1S/C19H31N3O2/c1-19(2)13-17(23)10-12-22(14-19)18(24)20-11-9-15-5-7-16(8-6-15)21(3)4/h5-8,17,23H,9-14H2,1-4H3,(H,20,24)/t17-/m0/s1. The Morgan fingerprint density at radius 1 is 1.33 bits per heavy atom. The predicted octanol–water partition coefficient (Wildman–Crippen LogP) is 2.49. The van der Waals surface area contributed by atoms with Gasteiger partial charge in [0, 0.05) is 39.4 Å². The van der Waals surface area contributed by atoms with Gasteiger partial charge < -0.3 is 20.2 Å². The van der Waals surface area contributed by atoms with Crippen LogP contribution in [-0.4, -0.2) is 55.9 Å². The molecule has 0 radical (unpaired) electrons. The first kappa shape index (κ1) is 18.6. The molecule has 0 unspecified atom stereocenters. The molecule has 0 aromatic heterocycles. The summed E-state index contributed by atoms with van der Waals surface area (Å²) in [7, 11) is 4.05. The van der Waals surface area contributed by atoms with Gasteiger partial charge in [0.1, 0.15) is 0 Å². The lowest BCUT2D eigenvalue weighted by Gasteiger charge is -2.29. The van der Waals surface area contributed by atoms with Crippen molar-refractivity contribution < 1.29 is 9.90 Å². The lowest BCUT2D eigenvalue weighted by Crippen LogP contribution is -2.44. The number of anilines is 1. The van der Waals surface area contributed by atoms with Crippen molar-refractivity contribution in [2.45, 2.75) is 39.2 Å². The monoisotopic (exact) mass is 333 g/mol. The van der Waals surface area contributed by atoms with E-state index in [1.165, 1.54) is 11.3 Å². The first-order valence-electron chi connectivity index (χ1n) is 8.74. The molecule has 134 valence electrons. The number of carbonyl (C=O) groups is 1. The summed E-state index contributed by atoms with van der Waals surface area (Å²) >= 11 is 0. The molecule has 1 aromatic rings. The lowest BCUT2D eigenvalue weighted by atomic mass is 9.87. The van der Waals surface area contributed by atoms with Gasteiger partial charge in [0.05, 0.1) is 6.10 Å². The zero-order chi connectivity index (χ0) is 17.7. The second-order valence-corrected chi connectivity index (χ2v) is 7.78. The molecule has 2 amide bonds. The highest BCUT2D eigenvalue weighted by Gasteiger charge is 2.31. The van der Waals surface area contributed by atoms with Crippen LogP contribution in [0, 0.1) is 5.41 Å². The summed E-state index contributed by atoms with van der Waals surface area (Å²) in [4.78, 5) is 16.3. The number of carbonyl (C=O) groups excluding carboxylic acids is 1. The maximum atomic E-state index is 12.4. The van der Waals surface area contributed by atoms with Crippen LogP contribution >= 0.6 is 0 Å². The number of likely N-dealkylation sites (tertiary alicyclic amines) is 1. The van der Waals surface area contributed by atoms with E-state index in [-0.39, 0.29) is 17.6 Å². The Balaban J connectivity index is 1.82. The van der Waals surface area contributed by atoms with Crippen molar-refractivity contribution in [3.05, 3.63) is 29.8 Å². The molecule has 1 aliphatic rings. The quantitative estimate of drug-likeness (QED) is 0.890. The van der Waals surface area contributed by atoms with E-state index in [4.69, 9.17) is 0 Å². The van der Waals surface area contributed by atoms with Crippen LogP contribution in [0.1, 0.15) is 32.3 Å². The molecule has 1 saturated heterocycles. The number of rotatable bonds is 4. The Hall–Kier alpha value is -1.75. The summed E-state index contributed by atoms with van der Waals surface area (Å²) in [5.41, 5.74) is 2.34. The van der Waals surface area contributed by atoms with Crippen LogP contribution in [0.2, 0.25) is 0 Å². The minimum Gasteiger partial charge on any atom is -0.393 e. The normalized spacial score (nSPS) is 20.4. The first-order chi connectivity index (χ1) is 11.3. The summed E-state index contributed by atoms with van der Waals surface area (Å²) in [5, 5.41) is 13.0. The predicted molar refractivity (Wildman–Crippen MR) is 98.5 cm³/mol. The number of aliphatic hydroxyl groups excluding tert-OH is 1. The van der Waals surface area contributed by atoms with Gasteiger partial charge in [0.25, 0.3) is 0 Å². The van der Waals surface area contributed by atoms with Gasteiger partial charge in [-0.15, -0.1) is 0 Å². The SMILES string of the molecule is CN(C)c1ccc(CCNC(=O)N2CC[C@H](O)CC(C)(C)C2)cc1. The number of hydrogen-bond donors (Lipinski definition) is 2. The van der Waals surface area contributed by atoms with Gasteiger partial charge >= 0.3 is 6.03 Å². The summed E-state index contributed by atoms with van der Waals surface area (Å²) in [6.45, 7) is 6.14. The fourth-order valence-electron chi connectivity index (χ4n) is 3.26. The molecule has 24 heavy (non-hydrogen) atoms. The smallest absolute Gasteiger partial charge is 0.317 e. The number of nitrogens with zero attached hydrogens (tertiary/aromatic N) is 2. The molecular weight excluding hydrogens is 302 g/mol. The summed E-state index contributed by atoms with van der Waals surface area (Å²) in [6.07, 6.45) is 1.91. The maximum absolute atomic E-state index is 12.4. The molecule has 1 fully saturated rings. The molecule has 5 heteroatoms. The highest BCUT2D eigenvalue weighted by atomic mass is 16.3. The minimum atomic E-state index is -0.312. The fraction of sp³-hybridized carbons (Fsp3) is 0.632. The molecule has 1 heterocycles.